The molecule has 2 amide bonds. The molecule has 0 spiro atoms. The van der Waals surface area contributed by atoms with Crippen molar-refractivity contribution in [2.75, 3.05) is 11.9 Å². The van der Waals surface area contributed by atoms with Crippen molar-refractivity contribution in [2.45, 2.75) is 11.1 Å². The number of hydrogen-bond acceptors (Lipinski definition) is 3. The summed E-state index contributed by atoms with van der Waals surface area (Å²) in [5.41, 5.74) is 5.32. The number of carbonyl (C=O) groups excluding carboxylic acids is 2. The van der Waals surface area contributed by atoms with E-state index in [2.05, 4.69) is 5.32 Å². The Labute approximate surface area is 163 Å². The second-order valence-electron chi connectivity index (χ2n) is 6.78. The number of hydrogen-bond donors (Lipinski definition) is 2. The van der Waals surface area contributed by atoms with Crippen LogP contribution < -0.4 is 16.0 Å². The third kappa shape index (κ3) is 2.11. The molecule has 5 nitrogen and oxygen atoms in total. The summed E-state index contributed by atoms with van der Waals surface area (Å²) in [7, 11) is 1.69. The Morgan fingerprint density at radius 1 is 0.821 bits per heavy atom. The lowest BCUT2D eigenvalue weighted by molar-refractivity contribution is -0.151. The number of primary amides is 1. The van der Waals surface area contributed by atoms with Crippen molar-refractivity contribution in [3.63, 3.8) is 0 Å². The molecule has 0 unspecified atom stereocenters. The maximum Gasteiger partial charge on any atom is 0.256 e. The summed E-state index contributed by atoms with van der Waals surface area (Å²) in [5.74, 6) is -0.824. The van der Waals surface area contributed by atoms with Crippen LogP contribution in [0.1, 0.15) is 11.1 Å². The lowest BCUT2D eigenvalue weighted by Gasteiger charge is -2.63. The van der Waals surface area contributed by atoms with E-state index in [0.717, 1.165) is 0 Å². The molecular weight excluding hydrogens is 350 g/mol. The fourth-order valence-electron chi connectivity index (χ4n) is 4.39. The average molecular weight is 371 g/mol. The summed E-state index contributed by atoms with van der Waals surface area (Å²) in [6.07, 6.45) is 0. The largest absolute Gasteiger partial charge is 0.367 e. The molecule has 1 aliphatic heterocycles. The highest BCUT2D eigenvalue weighted by atomic mass is 16.2. The van der Waals surface area contributed by atoms with E-state index >= 15 is 0 Å². The van der Waals surface area contributed by atoms with E-state index in [1.54, 1.807) is 7.05 Å². The average Bonchev–Trinajstić information content (AvgIpc) is 2.74. The van der Waals surface area contributed by atoms with Crippen molar-refractivity contribution in [2.24, 2.45) is 5.73 Å². The quantitative estimate of drug-likeness (QED) is 0.677. The van der Waals surface area contributed by atoms with Gasteiger partial charge in [0, 0.05) is 5.69 Å². The van der Waals surface area contributed by atoms with E-state index < -0.39 is 17.0 Å². The van der Waals surface area contributed by atoms with Crippen LogP contribution in [0.3, 0.4) is 0 Å². The lowest BCUT2D eigenvalue weighted by Crippen LogP contribution is -2.86. The van der Waals surface area contributed by atoms with Crippen LogP contribution in [0.15, 0.2) is 91.0 Å². The Hall–Kier alpha value is -3.44. The number of nitrogens with zero attached hydrogens (tertiary/aromatic N) is 1. The van der Waals surface area contributed by atoms with Crippen molar-refractivity contribution >= 4 is 17.5 Å². The molecular formula is C23H21N3O2. The predicted molar refractivity (Wildman–Crippen MR) is 108 cm³/mol. The highest BCUT2D eigenvalue weighted by Gasteiger charge is 2.76. The summed E-state index contributed by atoms with van der Waals surface area (Å²) in [5, 5.41) is 3.16. The number of carbonyl (C=O) groups is 2. The summed E-state index contributed by atoms with van der Waals surface area (Å²) in [6, 6.07) is 27.6. The standard InChI is InChI=1S/C23H21N3O2/c1-25-22(17-11-5-2-6-12-17)21(28)26(19-15-9-4-10-16-19)23(22,20(24)27)18-13-7-3-8-14-18/h2-16,25H,1H3,(H2,24,27)/t22-,23-/m1/s1. The number of nitrogens with one attached hydrogen (secondary N) is 1. The van der Waals surface area contributed by atoms with Crippen LogP contribution in [0.2, 0.25) is 0 Å². The molecule has 1 aliphatic rings. The van der Waals surface area contributed by atoms with Crippen LogP contribution in [0.5, 0.6) is 0 Å². The third-order valence-electron chi connectivity index (χ3n) is 5.55. The Kier molecular flexibility index (Phi) is 4.24. The Morgan fingerprint density at radius 2 is 1.29 bits per heavy atom. The predicted octanol–water partition coefficient (Wildman–Crippen LogP) is 2.53. The minimum Gasteiger partial charge on any atom is -0.367 e. The molecule has 3 N–H and O–H groups in total. The van der Waals surface area contributed by atoms with Gasteiger partial charge in [-0.15, -0.1) is 0 Å². The van der Waals surface area contributed by atoms with Crippen molar-refractivity contribution in [3.05, 3.63) is 102 Å². The molecule has 0 saturated carbocycles. The molecule has 1 fully saturated rings. The van der Waals surface area contributed by atoms with Crippen molar-refractivity contribution < 1.29 is 9.59 Å². The van der Waals surface area contributed by atoms with E-state index in [4.69, 9.17) is 5.73 Å². The summed E-state index contributed by atoms with van der Waals surface area (Å²) >= 11 is 0. The maximum absolute atomic E-state index is 13.7. The van der Waals surface area contributed by atoms with Gasteiger partial charge in [-0.3, -0.25) is 19.8 Å². The Morgan fingerprint density at radius 3 is 1.75 bits per heavy atom. The summed E-state index contributed by atoms with van der Waals surface area (Å²) < 4.78 is 0. The zero-order chi connectivity index (χ0) is 19.8. The Bertz CT molecular complexity index is 1010. The van der Waals surface area contributed by atoms with E-state index in [1.165, 1.54) is 4.90 Å². The molecule has 0 aliphatic carbocycles. The molecule has 4 rings (SSSR count). The summed E-state index contributed by atoms with van der Waals surface area (Å²) in [4.78, 5) is 28.3. The first kappa shape index (κ1) is 17.9. The SMILES string of the molecule is CN[C@]1(c2ccccc2)C(=O)N(c2ccccc2)[C@@]1(C(N)=O)c1ccccc1. The summed E-state index contributed by atoms with van der Waals surface area (Å²) in [6.45, 7) is 0. The Balaban J connectivity index is 2.07. The molecule has 0 aromatic heterocycles. The third-order valence-corrected chi connectivity index (χ3v) is 5.55. The van der Waals surface area contributed by atoms with Gasteiger partial charge in [0.1, 0.15) is 0 Å². The number of amides is 2. The number of nitrogens with two attached hydrogens (primary N) is 1. The van der Waals surface area contributed by atoms with Crippen LogP contribution in [-0.4, -0.2) is 18.9 Å². The van der Waals surface area contributed by atoms with E-state index in [-0.39, 0.29) is 5.91 Å². The molecule has 0 radical (unpaired) electrons. The first-order chi connectivity index (χ1) is 13.6. The van der Waals surface area contributed by atoms with Crippen LogP contribution >= 0.6 is 0 Å². The van der Waals surface area contributed by atoms with Gasteiger partial charge in [-0.1, -0.05) is 78.9 Å². The monoisotopic (exact) mass is 371 g/mol. The smallest absolute Gasteiger partial charge is 0.256 e. The molecule has 3 aromatic rings. The van der Waals surface area contributed by atoms with E-state index in [1.807, 2.05) is 91.0 Å². The molecule has 2 atom stereocenters. The van der Waals surface area contributed by atoms with Crippen molar-refractivity contribution in [1.82, 2.24) is 5.32 Å². The molecule has 1 saturated heterocycles. The van der Waals surface area contributed by atoms with Gasteiger partial charge in [-0.05, 0) is 30.3 Å². The fourth-order valence-corrected chi connectivity index (χ4v) is 4.39. The zero-order valence-electron chi connectivity index (χ0n) is 15.5. The second kappa shape index (κ2) is 6.62. The van der Waals surface area contributed by atoms with Crippen molar-refractivity contribution in [3.8, 4) is 0 Å². The minimum atomic E-state index is -1.41. The van der Waals surface area contributed by atoms with Gasteiger partial charge in [0.25, 0.3) is 11.8 Å². The molecule has 28 heavy (non-hydrogen) atoms. The number of anilines is 1. The highest BCUT2D eigenvalue weighted by molar-refractivity contribution is 6.20. The van der Waals surface area contributed by atoms with Crippen LogP contribution in [0.4, 0.5) is 5.69 Å². The first-order valence-corrected chi connectivity index (χ1v) is 9.10. The minimum absolute atomic E-state index is 0.227. The fraction of sp³-hybridized carbons (Fsp3) is 0.130. The maximum atomic E-state index is 13.7. The van der Waals surface area contributed by atoms with Gasteiger partial charge in [0.15, 0.2) is 11.1 Å². The molecule has 1 heterocycles. The van der Waals surface area contributed by atoms with Crippen LogP contribution in [0, 0.1) is 0 Å². The zero-order valence-corrected chi connectivity index (χ0v) is 15.5. The second-order valence-corrected chi connectivity index (χ2v) is 6.78. The molecule has 140 valence electrons. The van der Waals surface area contributed by atoms with Gasteiger partial charge < -0.3 is 5.73 Å². The van der Waals surface area contributed by atoms with Crippen molar-refractivity contribution in [1.29, 1.82) is 0 Å². The van der Waals surface area contributed by atoms with Gasteiger partial charge in [-0.2, -0.15) is 0 Å². The number of rotatable bonds is 5. The first-order valence-electron chi connectivity index (χ1n) is 9.10. The molecule has 3 aromatic carbocycles. The van der Waals surface area contributed by atoms with Crippen LogP contribution in [-0.2, 0) is 20.7 Å². The van der Waals surface area contributed by atoms with Crippen LogP contribution in [0.25, 0.3) is 0 Å². The number of β-lactam (4-membered cyclic amide) rings is 1. The highest BCUT2D eigenvalue weighted by Crippen LogP contribution is 2.56. The lowest BCUT2D eigenvalue weighted by atomic mass is 9.58. The number of benzene rings is 3. The van der Waals surface area contributed by atoms with Gasteiger partial charge >= 0.3 is 0 Å². The van der Waals surface area contributed by atoms with Gasteiger partial charge in [0.05, 0.1) is 0 Å². The van der Waals surface area contributed by atoms with Gasteiger partial charge in [-0.25, -0.2) is 0 Å². The number of likely N-dealkylation sites (N-methyl/N-ethyl adjacent to an activating group) is 1. The topological polar surface area (TPSA) is 75.4 Å². The van der Waals surface area contributed by atoms with E-state index in [9.17, 15) is 9.59 Å². The number of para-hydroxylation sites is 1. The van der Waals surface area contributed by atoms with E-state index in [0.29, 0.717) is 16.8 Å². The normalized spacial score (nSPS) is 23.9. The molecule has 5 heteroatoms. The van der Waals surface area contributed by atoms with Gasteiger partial charge in [0.2, 0.25) is 0 Å². The molecule has 0 bridgehead atoms.